The van der Waals surface area contributed by atoms with Crippen molar-refractivity contribution >= 4 is 17.7 Å². The summed E-state index contributed by atoms with van der Waals surface area (Å²) in [5, 5.41) is 0. The summed E-state index contributed by atoms with van der Waals surface area (Å²) in [5.41, 5.74) is -0.553. The van der Waals surface area contributed by atoms with Gasteiger partial charge in [-0.15, -0.1) is 0 Å². The van der Waals surface area contributed by atoms with Gasteiger partial charge in [-0.1, -0.05) is 6.92 Å². The zero-order chi connectivity index (χ0) is 11.5. The van der Waals surface area contributed by atoms with Gasteiger partial charge in [-0.3, -0.25) is 4.79 Å². The first-order chi connectivity index (χ1) is 6.90. The van der Waals surface area contributed by atoms with E-state index in [1.165, 1.54) is 0 Å². The van der Waals surface area contributed by atoms with Crippen molar-refractivity contribution in [1.82, 2.24) is 0 Å². The van der Waals surface area contributed by atoms with Crippen molar-refractivity contribution in [2.45, 2.75) is 52.6 Å². The fourth-order valence-electron chi connectivity index (χ4n) is 1.41. The van der Waals surface area contributed by atoms with Gasteiger partial charge in [0, 0.05) is 0 Å². The molecular weight excluding hydrogens is 208 g/mol. The van der Waals surface area contributed by atoms with Gasteiger partial charge in [0.2, 0.25) is 0 Å². The van der Waals surface area contributed by atoms with Crippen LogP contribution >= 0.6 is 11.8 Å². The maximum absolute atomic E-state index is 11.9. The van der Waals surface area contributed by atoms with Gasteiger partial charge in [-0.25, -0.2) is 0 Å². The molecule has 0 aromatic carbocycles. The monoisotopic (exact) mass is 230 g/mol. The van der Waals surface area contributed by atoms with E-state index in [1.807, 2.05) is 32.5 Å². The summed E-state index contributed by atoms with van der Waals surface area (Å²) in [6.45, 7) is 8.00. The SMILES string of the molecule is CCC(C)(C)C(=O)OC1(C)CCSCC1. The van der Waals surface area contributed by atoms with Gasteiger partial charge < -0.3 is 4.74 Å². The third kappa shape index (κ3) is 3.40. The van der Waals surface area contributed by atoms with Crippen LogP contribution in [-0.4, -0.2) is 23.1 Å². The first-order valence-corrected chi connectivity index (χ1v) is 6.86. The lowest BCUT2D eigenvalue weighted by atomic mass is 9.89. The van der Waals surface area contributed by atoms with Crippen LogP contribution in [0, 0.1) is 5.41 Å². The third-order valence-corrected chi connectivity index (χ3v) is 4.31. The van der Waals surface area contributed by atoms with Gasteiger partial charge in [-0.2, -0.15) is 11.8 Å². The molecule has 0 amide bonds. The van der Waals surface area contributed by atoms with E-state index in [0.29, 0.717) is 0 Å². The minimum atomic E-state index is -0.340. The lowest BCUT2D eigenvalue weighted by Gasteiger charge is -2.35. The largest absolute Gasteiger partial charge is 0.459 e. The van der Waals surface area contributed by atoms with Crippen LogP contribution in [0.4, 0.5) is 0 Å². The Bertz CT molecular complexity index is 230. The van der Waals surface area contributed by atoms with Gasteiger partial charge in [-0.05, 0) is 51.5 Å². The van der Waals surface area contributed by atoms with Gasteiger partial charge in [0.05, 0.1) is 5.41 Å². The molecular formula is C12H22O2S. The Morgan fingerprint density at radius 3 is 2.40 bits per heavy atom. The van der Waals surface area contributed by atoms with Gasteiger partial charge >= 0.3 is 5.97 Å². The van der Waals surface area contributed by atoms with Gasteiger partial charge in [0.1, 0.15) is 5.60 Å². The maximum atomic E-state index is 11.9. The van der Waals surface area contributed by atoms with E-state index in [1.54, 1.807) is 0 Å². The zero-order valence-corrected chi connectivity index (χ0v) is 11.1. The first-order valence-electron chi connectivity index (χ1n) is 5.71. The van der Waals surface area contributed by atoms with Crippen LogP contribution in [0.5, 0.6) is 0 Å². The second-order valence-corrected chi connectivity index (χ2v) is 6.41. The molecule has 1 saturated heterocycles. The van der Waals surface area contributed by atoms with Crippen LogP contribution in [-0.2, 0) is 9.53 Å². The van der Waals surface area contributed by atoms with Crippen molar-refractivity contribution in [3.8, 4) is 0 Å². The minimum Gasteiger partial charge on any atom is -0.459 e. The molecule has 3 heteroatoms. The molecule has 0 aliphatic carbocycles. The standard InChI is InChI=1S/C12H22O2S/c1-5-11(2,3)10(13)14-12(4)6-8-15-9-7-12/h5-9H2,1-4H3. The molecule has 2 nitrogen and oxygen atoms in total. The van der Waals surface area contributed by atoms with Crippen molar-refractivity contribution in [1.29, 1.82) is 0 Å². The molecule has 0 bridgehead atoms. The number of carbonyl (C=O) groups is 1. The maximum Gasteiger partial charge on any atom is 0.312 e. The Morgan fingerprint density at radius 1 is 1.40 bits per heavy atom. The highest BCUT2D eigenvalue weighted by Gasteiger charge is 2.36. The highest BCUT2D eigenvalue weighted by Crippen LogP contribution is 2.33. The van der Waals surface area contributed by atoms with E-state index in [9.17, 15) is 4.79 Å². The van der Waals surface area contributed by atoms with Crippen molar-refractivity contribution in [3.63, 3.8) is 0 Å². The van der Waals surface area contributed by atoms with Crippen molar-refractivity contribution in [2.24, 2.45) is 5.41 Å². The van der Waals surface area contributed by atoms with Crippen LogP contribution in [0.25, 0.3) is 0 Å². The third-order valence-electron chi connectivity index (χ3n) is 3.33. The van der Waals surface area contributed by atoms with Crippen LogP contribution in [0.1, 0.15) is 47.0 Å². The van der Waals surface area contributed by atoms with E-state index >= 15 is 0 Å². The molecule has 0 aromatic heterocycles. The molecule has 1 fully saturated rings. The number of hydrogen-bond donors (Lipinski definition) is 0. The second-order valence-electron chi connectivity index (χ2n) is 5.19. The Labute approximate surface area is 97.1 Å². The highest BCUT2D eigenvalue weighted by atomic mass is 32.2. The summed E-state index contributed by atoms with van der Waals surface area (Å²) in [4.78, 5) is 11.9. The fraction of sp³-hybridized carbons (Fsp3) is 0.917. The van der Waals surface area contributed by atoms with E-state index in [2.05, 4.69) is 6.92 Å². The van der Waals surface area contributed by atoms with Crippen LogP contribution in [0.15, 0.2) is 0 Å². The molecule has 1 rings (SSSR count). The number of rotatable bonds is 3. The lowest BCUT2D eigenvalue weighted by Crippen LogP contribution is -2.40. The quantitative estimate of drug-likeness (QED) is 0.696. The highest BCUT2D eigenvalue weighted by molar-refractivity contribution is 7.99. The summed E-state index contributed by atoms with van der Waals surface area (Å²) in [6.07, 6.45) is 2.81. The molecule has 0 unspecified atom stereocenters. The molecule has 1 heterocycles. The van der Waals surface area contributed by atoms with Gasteiger partial charge in [0.15, 0.2) is 0 Å². The number of esters is 1. The predicted octanol–water partition coefficient (Wildman–Crippen LogP) is 3.25. The molecule has 88 valence electrons. The number of carbonyl (C=O) groups excluding carboxylic acids is 1. The molecule has 0 aromatic rings. The number of ether oxygens (including phenoxy) is 1. The van der Waals surface area contributed by atoms with E-state index in [4.69, 9.17) is 4.74 Å². The summed E-state index contributed by atoms with van der Waals surface area (Å²) >= 11 is 1.95. The Morgan fingerprint density at radius 2 is 1.93 bits per heavy atom. The predicted molar refractivity (Wildman–Crippen MR) is 65.1 cm³/mol. The minimum absolute atomic E-state index is 0.0422. The topological polar surface area (TPSA) is 26.3 Å². The molecule has 0 atom stereocenters. The fourth-order valence-corrected chi connectivity index (χ4v) is 2.77. The molecule has 1 aliphatic rings. The van der Waals surface area contributed by atoms with E-state index < -0.39 is 0 Å². The molecule has 0 saturated carbocycles. The Hall–Kier alpha value is -0.180. The van der Waals surface area contributed by atoms with Gasteiger partial charge in [0.25, 0.3) is 0 Å². The molecule has 1 aliphatic heterocycles. The zero-order valence-electron chi connectivity index (χ0n) is 10.3. The second kappa shape index (κ2) is 4.77. The summed E-state index contributed by atoms with van der Waals surface area (Å²) < 4.78 is 5.68. The molecule has 0 N–H and O–H groups in total. The number of hydrogen-bond acceptors (Lipinski definition) is 3. The smallest absolute Gasteiger partial charge is 0.312 e. The molecule has 0 radical (unpaired) electrons. The van der Waals surface area contributed by atoms with Crippen molar-refractivity contribution in [2.75, 3.05) is 11.5 Å². The summed E-state index contributed by atoms with van der Waals surface area (Å²) in [5.74, 6) is 2.17. The van der Waals surface area contributed by atoms with Crippen LogP contribution in [0.2, 0.25) is 0 Å². The van der Waals surface area contributed by atoms with Crippen LogP contribution in [0.3, 0.4) is 0 Å². The summed E-state index contributed by atoms with van der Waals surface area (Å²) in [6, 6.07) is 0. The summed E-state index contributed by atoms with van der Waals surface area (Å²) in [7, 11) is 0. The normalized spacial score (nSPS) is 21.1. The van der Waals surface area contributed by atoms with E-state index in [0.717, 1.165) is 30.8 Å². The average Bonchev–Trinajstić information content (AvgIpc) is 2.18. The average molecular weight is 230 g/mol. The number of thioether (sulfide) groups is 1. The van der Waals surface area contributed by atoms with Crippen molar-refractivity contribution < 1.29 is 9.53 Å². The van der Waals surface area contributed by atoms with E-state index in [-0.39, 0.29) is 17.0 Å². The van der Waals surface area contributed by atoms with Crippen LogP contribution < -0.4 is 0 Å². The van der Waals surface area contributed by atoms with Crippen molar-refractivity contribution in [3.05, 3.63) is 0 Å². The Kier molecular flexibility index (Phi) is 4.10. The molecule has 0 spiro atoms. The Balaban J connectivity index is 2.56. The first kappa shape index (κ1) is 12.9. The lowest BCUT2D eigenvalue weighted by molar-refractivity contribution is -0.169. The molecule has 15 heavy (non-hydrogen) atoms.